The second-order valence-corrected chi connectivity index (χ2v) is 10.3. The maximum absolute atomic E-state index is 13.6. The van der Waals surface area contributed by atoms with Crippen LogP contribution in [-0.2, 0) is 16.0 Å². The minimum absolute atomic E-state index is 0.248. The highest BCUT2D eigenvalue weighted by molar-refractivity contribution is 6.05. The van der Waals surface area contributed by atoms with Gasteiger partial charge in [-0.25, -0.2) is 4.79 Å². The van der Waals surface area contributed by atoms with E-state index in [-0.39, 0.29) is 23.9 Å². The zero-order chi connectivity index (χ0) is 28.6. The molecular formula is C32H37N5O4. The normalized spacial score (nSPS) is 18.4. The molecular weight excluding hydrogens is 518 g/mol. The van der Waals surface area contributed by atoms with Crippen molar-refractivity contribution >= 4 is 23.3 Å². The molecule has 1 atom stereocenters. The van der Waals surface area contributed by atoms with Crippen molar-refractivity contribution in [3.8, 4) is 0 Å². The van der Waals surface area contributed by atoms with Gasteiger partial charge in [0.05, 0.1) is 11.4 Å². The molecule has 2 aliphatic heterocycles. The number of ether oxygens (including phenoxy) is 2. The van der Waals surface area contributed by atoms with Crippen molar-refractivity contribution in [3.63, 3.8) is 0 Å². The molecule has 2 aromatic carbocycles. The molecule has 2 aromatic rings. The number of likely N-dealkylation sites (N-methyl/N-ethyl adjacent to an activating group) is 1. The van der Waals surface area contributed by atoms with Gasteiger partial charge in [0.15, 0.2) is 12.0 Å². The first-order valence-corrected chi connectivity index (χ1v) is 14.1. The number of rotatable bonds is 9. The van der Waals surface area contributed by atoms with Crippen LogP contribution >= 0.6 is 0 Å². The first kappa shape index (κ1) is 28.0. The zero-order valence-corrected chi connectivity index (χ0v) is 23.3. The van der Waals surface area contributed by atoms with Crippen LogP contribution in [0.25, 0.3) is 0 Å². The molecule has 0 bridgehead atoms. The van der Waals surface area contributed by atoms with E-state index in [1.165, 1.54) is 6.26 Å². The van der Waals surface area contributed by atoms with Crippen LogP contribution in [0, 0.1) is 0 Å². The van der Waals surface area contributed by atoms with Crippen LogP contribution < -0.4 is 16.4 Å². The van der Waals surface area contributed by atoms with E-state index in [0.717, 1.165) is 49.9 Å². The number of carbonyl (C=O) groups is 2. The van der Waals surface area contributed by atoms with Crippen LogP contribution in [0.3, 0.4) is 0 Å². The minimum atomic E-state index is -0.275. The number of nitrogens with zero attached hydrogens (tertiary/aromatic N) is 2. The first-order chi connectivity index (χ1) is 20.0. The summed E-state index contributed by atoms with van der Waals surface area (Å²) < 4.78 is 11.5. The van der Waals surface area contributed by atoms with Crippen LogP contribution in [-0.4, -0.2) is 47.4 Å². The van der Waals surface area contributed by atoms with Gasteiger partial charge >= 0.3 is 6.03 Å². The molecule has 9 heteroatoms. The number of nitrogens with one attached hydrogen (secondary N) is 2. The Balaban J connectivity index is 1.26. The van der Waals surface area contributed by atoms with Crippen molar-refractivity contribution in [1.29, 1.82) is 0 Å². The zero-order valence-electron chi connectivity index (χ0n) is 23.3. The van der Waals surface area contributed by atoms with Gasteiger partial charge in [0.1, 0.15) is 6.26 Å². The fourth-order valence-corrected chi connectivity index (χ4v) is 5.29. The number of hydrogen-bond donors (Lipinski definition) is 3. The number of para-hydroxylation sites is 2. The lowest BCUT2D eigenvalue weighted by molar-refractivity contribution is 0.102. The number of allylic oxidation sites excluding steroid dienone is 4. The van der Waals surface area contributed by atoms with Gasteiger partial charge in [0.25, 0.3) is 5.91 Å². The van der Waals surface area contributed by atoms with Gasteiger partial charge < -0.3 is 25.4 Å². The van der Waals surface area contributed by atoms with Gasteiger partial charge in [-0.1, -0.05) is 49.4 Å². The lowest BCUT2D eigenvalue weighted by Crippen LogP contribution is -2.46. The summed E-state index contributed by atoms with van der Waals surface area (Å²) in [5.74, 6) is 0.596. The van der Waals surface area contributed by atoms with Crippen molar-refractivity contribution < 1.29 is 19.1 Å². The van der Waals surface area contributed by atoms with Crippen molar-refractivity contribution in [3.05, 3.63) is 108 Å². The van der Waals surface area contributed by atoms with Crippen LogP contribution in [0.1, 0.15) is 48.5 Å². The average Bonchev–Trinajstić information content (AvgIpc) is 3.46. The standard InChI is InChI=1S/C32H37N5O4/c1-2-36-18-8-11-26(36)20-37(32(39)35-30-22-40-21-29(41-30)24-9-4-3-5-10-24)19-23-14-16-25(17-15-23)31(38)34-28-13-7-6-12-27(28)33/h3-4,6-7,9,12-17,21-22,26H,2,5,8,10-11,18-20,33H2,1H3,(H,34,38)(H,35,39). The van der Waals surface area contributed by atoms with Crippen molar-refractivity contribution in [1.82, 2.24) is 15.1 Å². The number of urea groups is 1. The Labute approximate surface area is 241 Å². The molecule has 3 amide bonds. The number of nitrogen functional groups attached to an aromatic ring is 1. The predicted molar refractivity (Wildman–Crippen MR) is 159 cm³/mol. The molecule has 0 spiro atoms. The lowest BCUT2D eigenvalue weighted by atomic mass is 10.0. The topological polar surface area (TPSA) is 109 Å². The quantitative estimate of drug-likeness (QED) is 0.354. The molecule has 1 saturated heterocycles. The summed E-state index contributed by atoms with van der Waals surface area (Å²) in [7, 11) is 0. The van der Waals surface area contributed by atoms with E-state index in [1.807, 2.05) is 36.4 Å². The highest BCUT2D eigenvalue weighted by Gasteiger charge is 2.28. The van der Waals surface area contributed by atoms with Gasteiger partial charge in [-0.3, -0.25) is 15.0 Å². The first-order valence-electron chi connectivity index (χ1n) is 14.1. The number of likely N-dealkylation sites (tertiary alicyclic amines) is 1. The number of nitrogens with two attached hydrogens (primary N) is 1. The van der Waals surface area contributed by atoms with Crippen molar-refractivity contribution in [2.45, 2.75) is 45.2 Å². The molecule has 4 N–H and O–H groups in total. The molecule has 0 saturated carbocycles. The summed E-state index contributed by atoms with van der Waals surface area (Å²) in [6, 6.07) is 14.4. The van der Waals surface area contributed by atoms with Gasteiger partial charge in [-0.05, 0) is 74.2 Å². The van der Waals surface area contributed by atoms with Gasteiger partial charge in [0, 0.05) is 24.7 Å². The molecule has 5 rings (SSSR count). The number of amides is 3. The smallest absolute Gasteiger partial charge is 0.324 e. The van der Waals surface area contributed by atoms with Crippen molar-refractivity contribution in [2.24, 2.45) is 0 Å². The summed E-state index contributed by atoms with van der Waals surface area (Å²) in [4.78, 5) is 30.6. The molecule has 1 unspecified atom stereocenters. The average molecular weight is 556 g/mol. The monoisotopic (exact) mass is 555 g/mol. The summed E-state index contributed by atoms with van der Waals surface area (Å²) in [5.41, 5.74) is 9.47. The van der Waals surface area contributed by atoms with Gasteiger partial charge in [-0.2, -0.15) is 0 Å². The van der Waals surface area contributed by atoms with Gasteiger partial charge in [-0.15, -0.1) is 0 Å². The van der Waals surface area contributed by atoms with E-state index in [2.05, 4.69) is 28.5 Å². The highest BCUT2D eigenvalue weighted by atomic mass is 16.6. The van der Waals surface area contributed by atoms with Crippen LogP contribution in [0.4, 0.5) is 16.2 Å². The number of benzene rings is 2. The Bertz CT molecular complexity index is 1380. The maximum Gasteiger partial charge on any atom is 0.324 e. The maximum atomic E-state index is 13.6. The van der Waals surface area contributed by atoms with Gasteiger partial charge in [0.2, 0.25) is 5.88 Å². The van der Waals surface area contributed by atoms with E-state index in [1.54, 1.807) is 35.4 Å². The molecule has 2 heterocycles. The number of hydrogen-bond acceptors (Lipinski definition) is 6. The third kappa shape index (κ3) is 7.18. The van der Waals surface area contributed by atoms with Crippen LogP contribution in [0.2, 0.25) is 0 Å². The van der Waals surface area contributed by atoms with E-state index in [4.69, 9.17) is 15.2 Å². The molecule has 41 heavy (non-hydrogen) atoms. The lowest BCUT2D eigenvalue weighted by Gasteiger charge is -2.31. The fourth-order valence-electron chi connectivity index (χ4n) is 5.29. The second kappa shape index (κ2) is 13.2. The third-order valence-electron chi connectivity index (χ3n) is 7.55. The molecule has 1 fully saturated rings. The Morgan fingerprint density at radius 1 is 1.10 bits per heavy atom. The predicted octanol–water partition coefficient (Wildman–Crippen LogP) is 5.48. The van der Waals surface area contributed by atoms with E-state index in [9.17, 15) is 9.59 Å². The molecule has 0 aromatic heterocycles. The Kier molecular flexibility index (Phi) is 9.05. The van der Waals surface area contributed by atoms with E-state index < -0.39 is 0 Å². The minimum Gasteiger partial charge on any atom is -0.463 e. The van der Waals surface area contributed by atoms with Crippen molar-refractivity contribution in [2.75, 3.05) is 30.7 Å². The molecule has 214 valence electrons. The molecule has 3 aliphatic rings. The molecule has 0 radical (unpaired) electrons. The number of carbonyl (C=O) groups excluding carboxylic acids is 2. The third-order valence-corrected chi connectivity index (χ3v) is 7.55. The number of anilines is 2. The Hall–Kier alpha value is -4.50. The summed E-state index contributed by atoms with van der Waals surface area (Å²) in [6.45, 7) is 5.07. The SMILES string of the molecule is CCN1CCCC1CN(Cc1ccc(C(=O)Nc2ccccc2N)cc1)C(=O)NC1=COC=C(C2=CC=CCC2)O1. The van der Waals surface area contributed by atoms with E-state index in [0.29, 0.717) is 35.8 Å². The fraction of sp³-hybridized carbons (Fsp3) is 0.312. The van der Waals surface area contributed by atoms with Crippen LogP contribution in [0.5, 0.6) is 0 Å². The largest absolute Gasteiger partial charge is 0.463 e. The molecule has 1 aliphatic carbocycles. The highest BCUT2D eigenvalue weighted by Crippen LogP contribution is 2.26. The molecule has 9 nitrogen and oxygen atoms in total. The second-order valence-electron chi connectivity index (χ2n) is 10.3. The summed E-state index contributed by atoms with van der Waals surface area (Å²) in [6.07, 6.45) is 13.0. The van der Waals surface area contributed by atoms with Crippen LogP contribution in [0.15, 0.2) is 96.5 Å². The van der Waals surface area contributed by atoms with E-state index >= 15 is 0 Å². The Morgan fingerprint density at radius 3 is 2.68 bits per heavy atom. The summed E-state index contributed by atoms with van der Waals surface area (Å²) in [5, 5.41) is 5.75. The summed E-state index contributed by atoms with van der Waals surface area (Å²) >= 11 is 0. The Morgan fingerprint density at radius 2 is 1.93 bits per heavy atom.